The third-order valence-electron chi connectivity index (χ3n) is 3.88. The molecule has 1 heterocycles. The number of amides is 1. The van der Waals surface area contributed by atoms with Crippen molar-refractivity contribution in [2.75, 3.05) is 26.7 Å². The quantitative estimate of drug-likeness (QED) is 0.838. The first-order valence-corrected chi connectivity index (χ1v) is 8.25. The molecule has 22 heavy (non-hydrogen) atoms. The minimum Gasteiger partial charge on any atom is -0.481 e. The summed E-state index contributed by atoms with van der Waals surface area (Å²) in [5.41, 5.74) is 0. The van der Waals surface area contributed by atoms with Gasteiger partial charge in [0.2, 0.25) is 0 Å². The fraction of sp³-hybridized carbons (Fsp3) is 0.562. The summed E-state index contributed by atoms with van der Waals surface area (Å²) in [5.74, 6) is 1.48. The molecule has 1 amide bonds. The van der Waals surface area contributed by atoms with Gasteiger partial charge in [-0.1, -0.05) is 22.0 Å². The van der Waals surface area contributed by atoms with Crippen LogP contribution in [0, 0.1) is 5.92 Å². The molecular weight excluding hydrogens is 368 g/mol. The minimum absolute atomic E-state index is 0. The summed E-state index contributed by atoms with van der Waals surface area (Å²) >= 11 is 3.41. The highest BCUT2D eigenvalue weighted by molar-refractivity contribution is 9.10. The Morgan fingerprint density at radius 3 is 2.73 bits per heavy atom. The molecule has 1 aromatic rings. The van der Waals surface area contributed by atoms with Crippen molar-refractivity contribution in [1.82, 2.24) is 10.2 Å². The van der Waals surface area contributed by atoms with Crippen molar-refractivity contribution >= 4 is 34.2 Å². The number of ether oxygens (including phenoxy) is 1. The molecule has 0 aromatic heterocycles. The molecule has 1 aromatic carbocycles. The van der Waals surface area contributed by atoms with Crippen molar-refractivity contribution in [1.29, 1.82) is 0 Å². The highest BCUT2D eigenvalue weighted by Crippen LogP contribution is 2.21. The molecule has 0 radical (unpaired) electrons. The Morgan fingerprint density at radius 1 is 1.45 bits per heavy atom. The van der Waals surface area contributed by atoms with E-state index in [9.17, 15) is 4.79 Å². The van der Waals surface area contributed by atoms with Crippen LogP contribution in [-0.4, -0.2) is 43.6 Å². The topological polar surface area (TPSA) is 41.6 Å². The maximum Gasteiger partial charge on any atom is 0.263 e. The first-order valence-electron chi connectivity index (χ1n) is 7.45. The van der Waals surface area contributed by atoms with Crippen molar-refractivity contribution in [3.8, 4) is 5.75 Å². The molecule has 0 spiro atoms. The van der Waals surface area contributed by atoms with Crippen molar-refractivity contribution in [3.05, 3.63) is 28.7 Å². The smallest absolute Gasteiger partial charge is 0.263 e. The van der Waals surface area contributed by atoms with E-state index in [1.807, 2.05) is 43.1 Å². The van der Waals surface area contributed by atoms with Crippen LogP contribution in [0.5, 0.6) is 5.75 Å². The highest BCUT2D eigenvalue weighted by Gasteiger charge is 2.26. The van der Waals surface area contributed by atoms with Crippen LogP contribution in [-0.2, 0) is 4.79 Å². The van der Waals surface area contributed by atoms with E-state index in [1.165, 1.54) is 0 Å². The predicted molar refractivity (Wildman–Crippen MR) is 94.7 cm³/mol. The number of hydrogen-bond acceptors (Lipinski definition) is 3. The molecule has 1 atom stereocenters. The van der Waals surface area contributed by atoms with Crippen LogP contribution in [0.2, 0.25) is 0 Å². The fourth-order valence-electron chi connectivity index (χ4n) is 2.70. The number of nitrogens with one attached hydrogen (secondary N) is 1. The van der Waals surface area contributed by atoms with E-state index in [1.54, 1.807) is 0 Å². The zero-order valence-corrected chi connectivity index (χ0v) is 15.5. The monoisotopic (exact) mass is 390 g/mol. The largest absolute Gasteiger partial charge is 0.481 e. The standard InChI is InChI=1S/C16H23BrN2O2.ClH/c1-12(21-15-5-3-4-14(17)10-15)16(20)19-8-6-13(7-9-19)11-18-2;/h3-5,10,12-13,18H,6-9,11H2,1-2H3;1H. The summed E-state index contributed by atoms with van der Waals surface area (Å²) in [4.78, 5) is 14.4. The molecule has 1 unspecified atom stereocenters. The van der Waals surface area contributed by atoms with E-state index in [0.29, 0.717) is 5.92 Å². The number of carbonyl (C=O) groups is 1. The van der Waals surface area contributed by atoms with Gasteiger partial charge in [0.25, 0.3) is 5.91 Å². The molecule has 0 bridgehead atoms. The number of halogens is 2. The lowest BCUT2D eigenvalue weighted by molar-refractivity contribution is -0.139. The maximum atomic E-state index is 12.4. The molecule has 2 rings (SSSR count). The minimum atomic E-state index is -0.444. The van der Waals surface area contributed by atoms with Gasteiger partial charge in [0, 0.05) is 17.6 Å². The Balaban J connectivity index is 0.00000242. The van der Waals surface area contributed by atoms with Gasteiger partial charge in [-0.15, -0.1) is 12.4 Å². The zero-order valence-electron chi connectivity index (χ0n) is 13.0. The Morgan fingerprint density at radius 2 is 2.14 bits per heavy atom. The molecule has 6 heteroatoms. The van der Waals surface area contributed by atoms with Gasteiger partial charge in [0.05, 0.1) is 0 Å². The van der Waals surface area contributed by atoms with Crippen molar-refractivity contribution < 1.29 is 9.53 Å². The van der Waals surface area contributed by atoms with Crippen LogP contribution in [0.3, 0.4) is 0 Å². The Hall–Kier alpha value is -0.780. The first-order chi connectivity index (χ1) is 10.1. The summed E-state index contributed by atoms with van der Waals surface area (Å²) in [6, 6.07) is 7.59. The average molecular weight is 392 g/mol. The molecule has 124 valence electrons. The highest BCUT2D eigenvalue weighted by atomic mass is 79.9. The molecule has 0 aliphatic carbocycles. The second-order valence-corrected chi connectivity index (χ2v) is 6.46. The van der Waals surface area contributed by atoms with Crippen LogP contribution in [0.15, 0.2) is 28.7 Å². The summed E-state index contributed by atoms with van der Waals surface area (Å²) in [6.07, 6.45) is 1.69. The second kappa shape index (κ2) is 9.38. The van der Waals surface area contributed by atoms with Gasteiger partial charge in [-0.2, -0.15) is 0 Å². The molecule has 0 saturated carbocycles. The van der Waals surface area contributed by atoms with Crippen molar-refractivity contribution in [2.45, 2.75) is 25.9 Å². The normalized spacial score (nSPS) is 16.8. The van der Waals surface area contributed by atoms with E-state index in [-0.39, 0.29) is 18.3 Å². The molecule has 1 fully saturated rings. The van der Waals surface area contributed by atoms with Gasteiger partial charge in [0.1, 0.15) is 5.75 Å². The number of rotatable bonds is 5. The lowest BCUT2D eigenvalue weighted by Gasteiger charge is -2.33. The SMILES string of the molecule is CNCC1CCN(C(=O)C(C)Oc2cccc(Br)c2)CC1.Cl. The van der Waals surface area contributed by atoms with Crippen LogP contribution in [0.1, 0.15) is 19.8 Å². The Labute approximate surface area is 147 Å². The third-order valence-corrected chi connectivity index (χ3v) is 4.37. The third kappa shape index (κ3) is 5.45. The van der Waals surface area contributed by atoms with E-state index < -0.39 is 6.10 Å². The van der Waals surface area contributed by atoms with Gasteiger partial charge in [-0.3, -0.25) is 4.79 Å². The fourth-order valence-corrected chi connectivity index (χ4v) is 3.08. The first kappa shape index (κ1) is 19.3. The molecule has 1 N–H and O–H groups in total. The van der Waals surface area contributed by atoms with Crippen LogP contribution in [0.25, 0.3) is 0 Å². The van der Waals surface area contributed by atoms with Crippen molar-refractivity contribution in [2.24, 2.45) is 5.92 Å². The number of piperidine rings is 1. The summed E-state index contributed by atoms with van der Waals surface area (Å²) in [6.45, 7) is 4.52. The molecular formula is C16H24BrClN2O2. The molecule has 4 nitrogen and oxygen atoms in total. The number of likely N-dealkylation sites (tertiary alicyclic amines) is 1. The van der Waals surface area contributed by atoms with E-state index in [0.717, 1.165) is 42.7 Å². The summed E-state index contributed by atoms with van der Waals surface area (Å²) in [5, 5.41) is 3.21. The van der Waals surface area contributed by atoms with Gasteiger partial charge in [-0.05, 0) is 57.5 Å². The average Bonchev–Trinajstić information content (AvgIpc) is 2.47. The zero-order chi connectivity index (χ0) is 15.2. The van der Waals surface area contributed by atoms with E-state index in [4.69, 9.17) is 4.74 Å². The van der Waals surface area contributed by atoms with Crippen LogP contribution < -0.4 is 10.1 Å². The Kier molecular flexibility index (Phi) is 8.21. The number of benzene rings is 1. The van der Waals surface area contributed by atoms with Crippen LogP contribution >= 0.6 is 28.3 Å². The number of hydrogen-bond donors (Lipinski definition) is 1. The Bertz CT molecular complexity index is 479. The van der Waals surface area contributed by atoms with Crippen molar-refractivity contribution in [3.63, 3.8) is 0 Å². The van der Waals surface area contributed by atoms with Gasteiger partial charge in [-0.25, -0.2) is 0 Å². The van der Waals surface area contributed by atoms with E-state index >= 15 is 0 Å². The summed E-state index contributed by atoms with van der Waals surface area (Å²) < 4.78 is 6.70. The second-order valence-electron chi connectivity index (χ2n) is 5.54. The van der Waals surface area contributed by atoms with Gasteiger partial charge < -0.3 is 15.0 Å². The van der Waals surface area contributed by atoms with Crippen LogP contribution in [0.4, 0.5) is 0 Å². The lowest BCUT2D eigenvalue weighted by Crippen LogP contribution is -2.45. The summed E-state index contributed by atoms with van der Waals surface area (Å²) in [7, 11) is 1.98. The predicted octanol–water partition coefficient (Wildman–Crippen LogP) is 3.10. The maximum absolute atomic E-state index is 12.4. The molecule has 1 saturated heterocycles. The lowest BCUT2D eigenvalue weighted by atomic mass is 9.96. The number of nitrogens with zero attached hydrogens (tertiary/aromatic N) is 1. The molecule has 1 aliphatic rings. The van der Waals surface area contributed by atoms with E-state index in [2.05, 4.69) is 21.2 Å². The van der Waals surface area contributed by atoms with Gasteiger partial charge in [0.15, 0.2) is 6.10 Å². The number of carbonyl (C=O) groups excluding carboxylic acids is 1. The van der Waals surface area contributed by atoms with Gasteiger partial charge >= 0.3 is 0 Å². The molecule has 1 aliphatic heterocycles.